The Morgan fingerprint density at radius 3 is 2.74 bits per heavy atom. The Bertz CT molecular complexity index is 373. The van der Waals surface area contributed by atoms with E-state index in [1.165, 1.54) is 20.0 Å². The molecule has 1 N–H and O–H groups in total. The maximum atomic E-state index is 11.4. The first kappa shape index (κ1) is 15.8. The molecule has 1 rings (SSSR count). The summed E-state index contributed by atoms with van der Waals surface area (Å²) in [5, 5.41) is 3.47. The van der Waals surface area contributed by atoms with Gasteiger partial charge in [0, 0.05) is 0 Å². The maximum Gasteiger partial charge on any atom is 0.373 e. The number of rotatable bonds is 9. The Hall–Kier alpha value is -1.29. The van der Waals surface area contributed by atoms with Gasteiger partial charge in [-0.3, -0.25) is 0 Å². The smallest absolute Gasteiger partial charge is 0.373 e. The van der Waals surface area contributed by atoms with E-state index in [4.69, 9.17) is 4.42 Å². The number of unbranched alkanes of at least 4 members (excludes halogenated alkanes) is 2. The number of carbonyl (C=O) groups excluding carboxylic acids is 1. The zero-order valence-electron chi connectivity index (χ0n) is 12.2. The molecule has 1 aromatic rings. The lowest BCUT2D eigenvalue weighted by Gasteiger charge is -2.16. The SMILES string of the molecule is CCCCCC(NCCC)c1ccc(C(=O)OC)o1. The average molecular weight is 267 g/mol. The number of hydrogen-bond donors (Lipinski definition) is 1. The first-order chi connectivity index (χ1) is 9.22. The van der Waals surface area contributed by atoms with Crippen molar-refractivity contribution >= 4 is 5.97 Å². The lowest BCUT2D eigenvalue weighted by molar-refractivity contribution is 0.0561. The quantitative estimate of drug-likeness (QED) is 0.547. The third-order valence-electron chi connectivity index (χ3n) is 3.09. The highest BCUT2D eigenvalue weighted by atomic mass is 16.5. The number of methoxy groups -OCH3 is 1. The normalized spacial score (nSPS) is 12.4. The number of esters is 1. The highest BCUT2D eigenvalue weighted by molar-refractivity contribution is 5.86. The van der Waals surface area contributed by atoms with Gasteiger partial charge in [0.05, 0.1) is 13.2 Å². The molecule has 4 nitrogen and oxygen atoms in total. The molecule has 19 heavy (non-hydrogen) atoms. The third-order valence-corrected chi connectivity index (χ3v) is 3.09. The summed E-state index contributed by atoms with van der Waals surface area (Å²) in [6.45, 7) is 5.28. The van der Waals surface area contributed by atoms with Crippen LogP contribution in [0.2, 0.25) is 0 Å². The molecule has 0 aromatic carbocycles. The van der Waals surface area contributed by atoms with Crippen molar-refractivity contribution in [1.29, 1.82) is 0 Å². The molecule has 1 unspecified atom stereocenters. The van der Waals surface area contributed by atoms with Gasteiger partial charge < -0.3 is 14.5 Å². The minimum atomic E-state index is -0.422. The fourth-order valence-corrected chi connectivity index (χ4v) is 2.01. The van der Waals surface area contributed by atoms with E-state index in [9.17, 15) is 4.79 Å². The molecule has 0 radical (unpaired) electrons. The zero-order chi connectivity index (χ0) is 14.1. The third kappa shape index (κ3) is 5.07. The van der Waals surface area contributed by atoms with E-state index in [0.717, 1.165) is 31.6 Å². The molecule has 108 valence electrons. The summed E-state index contributed by atoms with van der Waals surface area (Å²) in [6, 6.07) is 3.73. The van der Waals surface area contributed by atoms with E-state index in [2.05, 4.69) is 23.9 Å². The lowest BCUT2D eigenvalue weighted by Crippen LogP contribution is -2.21. The Kier molecular flexibility index (Phi) is 7.26. The second-order valence-corrected chi connectivity index (χ2v) is 4.70. The van der Waals surface area contributed by atoms with Gasteiger partial charge in [-0.1, -0.05) is 33.1 Å². The predicted octanol–water partition coefficient (Wildman–Crippen LogP) is 3.69. The van der Waals surface area contributed by atoms with Crippen LogP contribution in [0, 0.1) is 0 Å². The van der Waals surface area contributed by atoms with Crippen LogP contribution in [0.5, 0.6) is 0 Å². The number of carbonyl (C=O) groups is 1. The van der Waals surface area contributed by atoms with Gasteiger partial charge >= 0.3 is 5.97 Å². The first-order valence-electron chi connectivity index (χ1n) is 7.14. The van der Waals surface area contributed by atoms with Crippen LogP contribution in [0.15, 0.2) is 16.5 Å². The van der Waals surface area contributed by atoms with E-state index in [1.54, 1.807) is 6.07 Å². The summed E-state index contributed by atoms with van der Waals surface area (Å²) in [5.74, 6) is 0.676. The van der Waals surface area contributed by atoms with Crippen molar-refractivity contribution in [1.82, 2.24) is 5.32 Å². The second-order valence-electron chi connectivity index (χ2n) is 4.70. The molecule has 1 aromatic heterocycles. The molecule has 0 saturated heterocycles. The summed E-state index contributed by atoms with van der Waals surface area (Å²) >= 11 is 0. The van der Waals surface area contributed by atoms with Gasteiger partial charge in [0.2, 0.25) is 5.76 Å². The molecule has 0 fully saturated rings. The number of nitrogens with one attached hydrogen (secondary N) is 1. The maximum absolute atomic E-state index is 11.4. The Balaban J connectivity index is 2.66. The van der Waals surface area contributed by atoms with Crippen molar-refractivity contribution in [3.05, 3.63) is 23.7 Å². The summed E-state index contributed by atoms with van der Waals surface area (Å²) in [5.41, 5.74) is 0. The largest absolute Gasteiger partial charge is 0.463 e. The molecule has 0 aliphatic carbocycles. The standard InChI is InChI=1S/C15H25NO3/c1-4-6-7-8-12(16-11-5-2)13-9-10-14(19-13)15(17)18-3/h9-10,12,16H,4-8,11H2,1-3H3. The van der Waals surface area contributed by atoms with Crippen molar-refractivity contribution in [2.24, 2.45) is 0 Å². The van der Waals surface area contributed by atoms with Gasteiger partial charge in [-0.05, 0) is 31.5 Å². The zero-order valence-corrected chi connectivity index (χ0v) is 12.2. The van der Waals surface area contributed by atoms with E-state index in [0.29, 0.717) is 0 Å². The topological polar surface area (TPSA) is 51.5 Å². The van der Waals surface area contributed by atoms with Crippen LogP contribution in [0.25, 0.3) is 0 Å². The van der Waals surface area contributed by atoms with E-state index in [-0.39, 0.29) is 11.8 Å². The lowest BCUT2D eigenvalue weighted by atomic mass is 10.1. The van der Waals surface area contributed by atoms with Gasteiger partial charge in [0.15, 0.2) is 0 Å². The van der Waals surface area contributed by atoms with Crippen molar-refractivity contribution in [3.8, 4) is 0 Å². The fraction of sp³-hybridized carbons (Fsp3) is 0.667. The molecule has 0 aliphatic heterocycles. The van der Waals surface area contributed by atoms with Crippen LogP contribution in [0.4, 0.5) is 0 Å². The van der Waals surface area contributed by atoms with Gasteiger partial charge in [0.1, 0.15) is 5.76 Å². The highest BCUT2D eigenvalue weighted by Crippen LogP contribution is 2.22. The molecule has 1 heterocycles. The van der Waals surface area contributed by atoms with Crippen LogP contribution in [-0.4, -0.2) is 19.6 Å². The summed E-state index contributed by atoms with van der Waals surface area (Å²) in [4.78, 5) is 11.4. The average Bonchev–Trinajstić information content (AvgIpc) is 2.91. The first-order valence-corrected chi connectivity index (χ1v) is 7.14. The minimum absolute atomic E-state index is 0.185. The summed E-state index contributed by atoms with van der Waals surface area (Å²) in [7, 11) is 1.36. The van der Waals surface area contributed by atoms with Crippen LogP contribution in [0.1, 0.15) is 68.3 Å². The van der Waals surface area contributed by atoms with Crippen LogP contribution < -0.4 is 5.32 Å². The van der Waals surface area contributed by atoms with Gasteiger partial charge in [-0.2, -0.15) is 0 Å². The minimum Gasteiger partial charge on any atom is -0.463 e. The Morgan fingerprint density at radius 2 is 2.11 bits per heavy atom. The number of hydrogen-bond acceptors (Lipinski definition) is 4. The van der Waals surface area contributed by atoms with Crippen LogP contribution >= 0.6 is 0 Å². The molecule has 0 aliphatic rings. The highest BCUT2D eigenvalue weighted by Gasteiger charge is 2.17. The van der Waals surface area contributed by atoms with Gasteiger partial charge in [0.25, 0.3) is 0 Å². The fourth-order valence-electron chi connectivity index (χ4n) is 2.01. The molecular weight excluding hydrogens is 242 g/mol. The van der Waals surface area contributed by atoms with Gasteiger partial charge in [-0.25, -0.2) is 4.79 Å². The Labute approximate surface area is 115 Å². The van der Waals surface area contributed by atoms with E-state index < -0.39 is 5.97 Å². The molecule has 0 amide bonds. The summed E-state index contributed by atoms with van der Waals surface area (Å²) in [6.07, 6.45) is 5.68. The van der Waals surface area contributed by atoms with Crippen LogP contribution in [-0.2, 0) is 4.74 Å². The predicted molar refractivity (Wildman–Crippen MR) is 75.2 cm³/mol. The molecule has 0 spiro atoms. The second kappa shape index (κ2) is 8.75. The van der Waals surface area contributed by atoms with Crippen molar-refractivity contribution in [2.45, 2.75) is 52.0 Å². The number of furan rings is 1. The van der Waals surface area contributed by atoms with Crippen LogP contribution in [0.3, 0.4) is 0 Å². The Morgan fingerprint density at radius 1 is 1.32 bits per heavy atom. The van der Waals surface area contributed by atoms with Crippen molar-refractivity contribution in [3.63, 3.8) is 0 Å². The molecule has 1 atom stereocenters. The molecule has 0 bridgehead atoms. The van der Waals surface area contributed by atoms with E-state index in [1.807, 2.05) is 6.07 Å². The van der Waals surface area contributed by atoms with Gasteiger partial charge in [-0.15, -0.1) is 0 Å². The van der Waals surface area contributed by atoms with Crippen molar-refractivity contribution < 1.29 is 13.9 Å². The monoisotopic (exact) mass is 267 g/mol. The number of ether oxygens (including phenoxy) is 1. The van der Waals surface area contributed by atoms with Crippen molar-refractivity contribution in [2.75, 3.05) is 13.7 Å². The molecule has 4 heteroatoms. The molecular formula is C15H25NO3. The van der Waals surface area contributed by atoms with E-state index >= 15 is 0 Å². The molecule has 0 saturated carbocycles. The summed E-state index contributed by atoms with van der Waals surface area (Å²) < 4.78 is 10.2.